The van der Waals surface area contributed by atoms with Crippen LogP contribution in [0.1, 0.15) is 19.8 Å². The number of hydrogen-bond acceptors (Lipinski definition) is 4. The highest BCUT2D eigenvalue weighted by Crippen LogP contribution is 2.24. The first-order chi connectivity index (χ1) is 10.3. The SMILES string of the molecule is CCN1CCC(CNc2ccnc3cc(N)ccc23)CC1. The van der Waals surface area contributed by atoms with Crippen LogP contribution in [-0.2, 0) is 0 Å². The van der Waals surface area contributed by atoms with E-state index in [0.29, 0.717) is 0 Å². The minimum Gasteiger partial charge on any atom is -0.399 e. The number of pyridine rings is 1. The summed E-state index contributed by atoms with van der Waals surface area (Å²) in [6.07, 6.45) is 4.43. The van der Waals surface area contributed by atoms with Crippen molar-refractivity contribution in [1.82, 2.24) is 9.88 Å². The van der Waals surface area contributed by atoms with Crippen LogP contribution < -0.4 is 11.1 Å². The molecular formula is C17H24N4. The van der Waals surface area contributed by atoms with Crippen LogP contribution in [0.25, 0.3) is 10.9 Å². The van der Waals surface area contributed by atoms with Gasteiger partial charge in [-0.15, -0.1) is 0 Å². The summed E-state index contributed by atoms with van der Waals surface area (Å²) >= 11 is 0. The lowest BCUT2D eigenvalue weighted by molar-refractivity contribution is 0.198. The van der Waals surface area contributed by atoms with Gasteiger partial charge in [0.2, 0.25) is 0 Å². The zero-order valence-corrected chi connectivity index (χ0v) is 12.7. The second kappa shape index (κ2) is 6.31. The zero-order chi connectivity index (χ0) is 14.7. The lowest BCUT2D eigenvalue weighted by Gasteiger charge is -2.31. The number of nitrogen functional groups attached to an aromatic ring is 1. The highest BCUT2D eigenvalue weighted by molar-refractivity contribution is 5.92. The van der Waals surface area contributed by atoms with Gasteiger partial charge in [-0.2, -0.15) is 0 Å². The molecule has 3 rings (SSSR count). The number of rotatable bonds is 4. The Labute approximate surface area is 126 Å². The number of nitrogens with two attached hydrogens (primary N) is 1. The Morgan fingerprint density at radius 2 is 2.10 bits per heavy atom. The van der Waals surface area contributed by atoms with Crippen molar-refractivity contribution >= 4 is 22.3 Å². The van der Waals surface area contributed by atoms with Gasteiger partial charge < -0.3 is 16.0 Å². The summed E-state index contributed by atoms with van der Waals surface area (Å²) in [5.74, 6) is 0.768. The summed E-state index contributed by atoms with van der Waals surface area (Å²) in [6, 6.07) is 7.98. The summed E-state index contributed by atoms with van der Waals surface area (Å²) in [5.41, 5.74) is 8.71. The van der Waals surface area contributed by atoms with Crippen molar-refractivity contribution in [2.45, 2.75) is 19.8 Å². The smallest absolute Gasteiger partial charge is 0.0743 e. The molecule has 0 bridgehead atoms. The van der Waals surface area contributed by atoms with E-state index in [-0.39, 0.29) is 0 Å². The molecule has 0 aliphatic carbocycles. The molecule has 1 aromatic heterocycles. The van der Waals surface area contributed by atoms with E-state index in [2.05, 4.69) is 34.3 Å². The van der Waals surface area contributed by atoms with Gasteiger partial charge in [0.25, 0.3) is 0 Å². The van der Waals surface area contributed by atoms with Crippen LogP contribution in [0.2, 0.25) is 0 Å². The molecule has 0 atom stereocenters. The van der Waals surface area contributed by atoms with Gasteiger partial charge in [0.15, 0.2) is 0 Å². The van der Waals surface area contributed by atoms with Crippen LogP contribution >= 0.6 is 0 Å². The van der Waals surface area contributed by atoms with Gasteiger partial charge in [-0.05, 0) is 62.7 Å². The molecule has 21 heavy (non-hydrogen) atoms. The Balaban J connectivity index is 1.66. The fourth-order valence-electron chi connectivity index (χ4n) is 3.08. The summed E-state index contributed by atoms with van der Waals surface area (Å²) < 4.78 is 0. The number of hydrogen-bond donors (Lipinski definition) is 2. The Morgan fingerprint density at radius 1 is 1.29 bits per heavy atom. The molecule has 1 aliphatic heterocycles. The third-order valence-electron chi connectivity index (χ3n) is 4.50. The lowest BCUT2D eigenvalue weighted by atomic mass is 9.96. The topological polar surface area (TPSA) is 54.2 Å². The maximum absolute atomic E-state index is 5.83. The van der Waals surface area contributed by atoms with Crippen LogP contribution in [0.5, 0.6) is 0 Å². The standard InChI is InChI=1S/C17H24N4/c1-2-21-9-6-13(7-10-21)12-20-16-5-8-19-17-11-14(18)3-4-15(16)17/h3-5,8,11,13H,2,6-7,9-10,12,18H2,1H3,(H,19,20). The minimum absolute atomic E-state index is 0.763. The Bertz CT molecular complexity index is 603. The molecule has 0 amide bonds. The molecule has 3 N–H and O–H groups in total. The molecule has 1 saturated heterocycles. The minimum atomic E-state index is 0.763. The second-order valence-corrected chi connectivity index (χ2v) is 5.89. The van der Waals surface area contributed by atoms with E-state index in [1.54, 1.807) is 0 Å². The number of aromatic nitrogens is 1. The van der Waals surface area contributed by atoms with E-state index in [0.717, 1.165) is 34.7 Å². The Hall–Kier alpha value is -1.81. The maximum atomic E-state index is 5.83. The molecule has 0 saturated carbocycles. The normalized spacial score (nSPS) is 17.2. The molecule has 1 aromatic carbocycles. The average Bonchev–Trinajstić information content (AvgIpc) is 2.53. The molecule has 2 aromatic rings. The quantitative estimate of drug-likeness (QED) is 0.848. The van der Waals surface area contributed by atoms with Gasteiger partial charge in [0.1, 0.15) is 0 Å². The first kappa shape index (κ1) is 14.1. The predicted molar refractivity (Wildman–Crippen MR) is 89.5 cm³/mol. The first-order valence-corrected chi connectivity index (χ1v) is 7.86. The number of benzene rings is 1. The molecule has 0 spiro atoms. The molecule has 112 valence electrons. The second-order valence-electron chi connectivity index (χ2n) is 5.89. The number of nitrogens with one attached hydrogen (secondary N) is 1. The fraction of sp³-hybridized carbons (Fsp3) is 0.471. The summed E-state index contributed by atoms with van der Waals surface area (Å²) in [5, 5.41) is 4.76. The molecule has 4 heteroatoms. The van der Waals surface area contributed by atoms with Crippen molar-refractivity contribution in [2.24, 2.45) is 5.92 Å². The Morgan fingerprint density at radius 3 is 2.86 bits per heavy atom. The average molecular weight is 284 g/mol. The zero-order valence-electron chi connectivity index (χ0n) is 12.7. The highest BCUT2D eigenvalue weighted by Gasteiger charge is 2.17. The van der Waals surface area contributed by atoms with Crippen molar-refractivity contribution in [3.8, 4) is 0 Å². The van der Waals surface area contributed by atoms with E-state index in [4.69, 9.17) is 5.73 Å². The first-order valence-electron chi connectivity index (χ1n) is 7.86. The number of anilines is 2. The van der Waals surface area contributed by atoms with Gasteiger partial charge in [-0.3, -0.25) is 4.98 Å². The van der Waals surface area contributed by atoms with Crippen LogP contribution in [-0.4, -0.2) is 36.1 Å². The van der Waals surface area contributed by atoms with Gasteiger partial charge >= 0.3 is 0 Å². The van der Waals surface area contributed by atoms with Gasteiger partial charge in [-0.25, -0.2) is 0 Å². The van der Waals surface area contributed by atoms with Crippen molar-refractivity contribution in [1.29, 1.82) is 0 Å². The number of piperidine rings is 1. The molecule has 1 fully saturated rings. The largest absolute Gasteiger partial charge is 0.399 e. The highest BCUT2D eigenvalue weighted by atomic mass is 15.1. The number of likely N-dealkylation sites (tertiary alicyclic amines) is 1. The maximum Gasteiger partial charge on any atom is 0.0743 e. The van der Waals surface area contributed by atoms with Gasteiger partial charge in [0, 0.05) is 29.5 Å². The van der Waals surface area contributed by atoms with Crippen LogP contribution in [0.4, 0.5) is 11.4 Å². The summed E-state index contributed by atoms with van der Waals surface area (Å²) in [4.78, 5) is 6.92. The van der Waals surface area contributed by atoms with Crippen molar-refractivity contribution in [2.75, 3.05) is 37.2 Å². The van der Waals surface area contributed by atoms with Crippen molar-refractivity contribution in [3.05, 3.63) is 30.5 Å². The van der Waals surface area contributed by atoms with Crippen molar-refractivity contribution in [3.63, 3.8) is 0 Å². The number of nitrogens with zero attached hydrogens (tertiary/aromatic N) is 2. The van der Waals surface area contributed by atoms with E-state index >= 15 is 0 Å². The summed E-state index contributed by atoms with van der Waals surface area (Å²) in [6.45, 7) is 6.93. The van der Waals surface area contributed by atoms with Crippen LogP contribution in [0.3, 0.4) is 0 Å². The summed E-state index contributed by atoms with van der Waals surface area (Å²) in [7, 11) is 0. The number of fused-ring (bicyclic) bond motifs is 1. The lowest BCUT2D eigenvalue weighted by Crippen LogP contribution is -2.35. The molecule has 2 heterocycles. The van der Waals surface area contributed by atoms with Gasteiger partial charge in [-0.1, -0.05) is 6.92 Å². The fourth-order valence-corrected chi connectivity index (χ4v) is 3.08. The third-order valence-corrected chi connectivity index (χ3v) is 4.50. The van der Waals surface area contributed by atoms with E-state index < -0.39 is 0 Å². The van der Waals surface area contributed by atoms with Crippen LogP contribution in [0.15, 0.2) is 30.5 Å². The predicted octanol–water partition coefficient (Wildman–Crippen LogP) is 2.96. The third kappa shape index (κ3) is 3.27. The van der Waals surface area contributed by atoms with E-state index in [1.165, 1.54) is 32.5 Å². The Kier molecular flexibility index (Phi) is 4.25. The van der Waals surface area contributed by atoms with E-state index in [9.17, 15) is 0 Å². The molecule has 0 unspecified atom stereocenters. The molecule has 1 aliphatic rings. The van der Waals surface area contributed by atoms with Crippen LogP contribution in [0, 0.1) is 5.92 Å². The van der Waals surface area contributed by atoms with Crippen molar-refractivity contribution < 1.29 is 0 Å². The monoisotopic (exact) mass is 284 g/mol. The molecule has 4 nitrogen and oxygen atoms in total. The molecule has 0 radical (unpaired) electrons. The van der Waals surface area contributed by atoms with E-state index in [1.807, 2.05) is 18.3 Å². The van der Waals surface area contributed by atoms with Gasteiger partial charge in [0.05, 0.1) is 5.52 Å². The molecular weight excluding hydrogens is 260 g/mol.